The van der Waals surface area contributed by atoms with E-state index in [1.54, 1.807) is 24.3 Å². The van der Waals surface area contributed by atoms with Crippen molar-refractivity contribution in [2.75, 3.05) is 18.5 Å². The molecule has 0 fully saturated rings. The monoisotopic (exact) mass is 482 g/mol. The van der Waals surface area contributed by atoms with Crippen LogP contribution in [-0.4, -0.2) is 25.0 Å². The lowest BCUT2D eigenvalue weighted by molar-refractivity contribution is -0.118. The highest BCUT2D eigenvalue weighted by Gasteiger charge is 2.11. The molecular formula is C19H20Br2N2O3. The molecule has 0 aliphatic rings. The molecule has 0 saturated carbocycles. The van der Waals surface area contributed by atoms with Crippen LogP contribution in [0.4, 0.5) is 5.69 Å². The quantitative estimate of drug-likeness (QED) is 0.600. The van der Waals surface area contributed by atoms with Gasteiger partial charge < -0.3 is 15.4 Å². The second-order valence-corrected chi connectivity index (χ2v) is 7.48. The molecule has 0 heterocycles. The van der Waals surface area contributed by atoms with E-state index in [1.165, 1.54) is 0 Å². The smallest absolute Gasteiger partial charge is 0.262 e. The van der Waals surface area contributed by atoms with Gasteiger partial charge in [0.25, 0.3) is 11.8 Å². The van der Waals surface area contributed by atoms with Gasteiger partial charge in [-0.3, -0.25) is 9.59 Å². The molecule has 0 aliphatic carbocycles. The van der Waals surface area contributed by atoms with Crippen molar-refractivity contribution in [3.8, 4) is 5.75 Å². The number of amides is 2. The number of anilines is 1. The Labute approximate surface area is 169 Å². The largest absolute Gasteiger partial charge is 0.482 e. The van der Waals surface area contributed by atoms with Crippen LogP contribution in [0.3, 0.4) is 0 Å². The first-order valence-corrected chi connectivity index (χ1v) is 9.76. The summed E-state index contributed by atoms with van der Waals surface area (Å²) in [7, 11) is 0. The van der Waals surface area contributed by atoms with Gasteiger partial charge in [-0.25, -0.2) is 0 Å². The molecule has 26 heavy (non-hydrogen) atoms. The summed E-state index contributed by atoms with van der Waals surface area (Å²) in [6, 6.07) is 10.6. The fraction of sp³-hybridized carbons (Fsp3) is 0.263. The van der Waals surface area contributed by atoms with Crippen molar-refractivity contribution in [1.29, 1.82) is 0 Å². The third kappa shape index (κ3) is 5.85. The maximum absolute atomic E-state index is 12.2. The van der Waals surface area contributed by atoms with Crippen molar-refractivity contribution in [2.45, 2.75) is 20.3 Å². The molecule has 7 heteroatoms. The average molecular weight is 484 g/mol. The molecule has 0 saturated heterocycles. The molecule has 2 amide bonds. The van der Waals surface area contributed by atoms with Crippen LogP contribution in [0.25, 0.3) is 0 Å². The zero-order chi connectivity index (χ0) is 19.1. The van der Waals surface area contributed by atoms with E-state index in [4.69, 9.17) is 4.74 Å². The number of nitrogens with one attached hydrogen (secondary N) is 2. The summed E-state index contributed by atoms with van der Waals surface area (Å²) in [5.41, 5.74) is 1.96. The summed E-state index contributed by atoms with van der Waals surface area (Å²) in [5, 5.41) is 5.55. The first-order chi connectivity index (χ1) is 12.4. The standard InChI is InChI=1S/C19H20Br2N2O3/c1-3-7-22-19(25)13-5-4-6-15(9-13)23-17(24)11-26-18-12(2)8-14(20)10-16(18)21/h4-6,8-10H,3,7,11H2,1-2H3,(H,22,25)(H,23,24). The minimum Gasteiger partial charge on any atom is -0.482 e. The number of ether oxygens (including phenoxy) is 1. The molecule has 0 aromatic heterocycles. The SMILES string of the molecule is CCCNC(=O)c1cccc(NC(=O)COc2c(C)cc(Br)cc2Br)c1. The van der Waals surface area contributed by atoms with Crippen LogP contribution in [0.2, 0.25) is 0 Å². The highest BCUT2D eigenvalue weighted by Crippen LogP contribution is 2.32. The van der Waals surface area contributed by atoms with Gasteiger partial charge in [-0.05, 0) is 65.2 Å². The third-order valence-electron chi connectivity index (χ3n) is 3.49. The predicted molar refractivity (Wildman–Crippen MR) is 110 cm³/mol. The number of hydrogen-bond acceptors (Lipinski definition) is 3. The molecule has 0 unspecified atom stereocenters. The number of carbonyl (C=O) groups is 2. The van der Waals surface area contributed by atoms with E-state index in [2.05, 4.69) is 42.5 Å². The van der Waals surface area contributed by atoms with Gasteiger partial charge in [-0.1, -0.05) is 28.9 Å². The van der Waals surface area contributed by atoms with Crippen molar-refractivity contribution in [1.82, 2.24) is 5.32 Å². The van der Waals surface area contributed by atoms with E-state index >= 15 is 0 Å². The summed E-state index contributed by atoms with van der Waals surface area (Å²) in [5.74, 6) is 0.162. The number of hydrogen-bond donors (Lipinski definition) is 2. The van der Waals surface area contributed by atoms with Gasteiger partial charge in [0.05, 0.1) is 4.47 Å². The van der Waals surface area contributed by atoms with Gasteiger partial charge in [0, 0.05) is 22.3 Å². The van der Waals surface area contributed by atoms with Crippen molar-refractivity contribution in [2.24, 2.45) is 0 Å². The predicted octanol–water partition coefficient (Wildman–Crippen LogP) is 4.68. The Morgan fingerprint density at radius 2 is 1.92 bits per heavy atom. The molecule has 0 atom stereocenters. The van der Waals surface area contributed by atoms with Gasteiger partial charge in [-0.15, -0.1) is 0 Å². The maximum Gasteiger partial charge on any atom is 0.262 e. The first-order valence-electron chi connectivity index (χ1n) is 8.17. The van der Waals surface area contributed by atoms with Crippen LogP contribution < -0.4 is 15.4 Å². The fourth-order valence-corrected chi connectivity index (χ4v) is 3.84. The minimum atomic E-state index is -0.301. The Morgan fingerprint density at radius 1 is 1.15 bits per heavy atom. The second kappa shape index (κ2) is 9.73. The molecule has 0 spiro atoms. The summed E-state index contributed by atoms with van der Waals surface area (Å²) >= 11 is 6.84. The molecule has 2 aromatic rings. The van der Waals surface area contributed by atoms with Crippen molar-refractivity contribution in [3.05, 3.63) is 56.5 Å². The van der Waals surface area contributed by atoms with E-state index in [-0.39, 0.29) is 18.4 Å². The Hall–Kier alpha value is -1.86. The lowest BCUT2D eigenvalue weighted by atomic mass is 10.2. The molecule has 2 N–H and O–H groups in total. The number of halogens is 2. The molecular weight excluding hydrogens is 464 g/mol. The van der Waals surface area contributed by atoms with E-state index < -0.39 is 0 Å². The first kappa shape index (κ1) is 20.5. The number of rotatable bonds is 7. The van der Waals surface area contributed by atoms with Crippen molar-refractivity contribution < 1.29 is 14.3 Å². The number of carbonyl (C=O) groups excluding carboxylic acids is 2. The second-order valence-electron chi connectivity index (χ2n) is 5.71. The lowest BCUT2D eigenvalue weighted by Crippen LogP contribution is -2.24. The summed E-state index contributed by atoms with van der Waals surface area (Å²) in [4.78, 5) is 24.2. The van der Waals surface area contributed by atoms with Crippen LogP contribution in [0.5, 0.6) is 5.75 Å². The summed E-state index contributed by atoms with van der Waals surface area (Å²) in [6.07, 6.45) is 0.866. The molecule has 2 aromatic carbocycles. The minimum absolute atomic E-state index is 0.132. The Bertz CT molecular complexity index is 786. The maximum atomic E-state index is 12.2. The van der Waals surface area contributed by atoms with Gasteiger partial charge in [-0.2, -0.15) is 0 Å². The zero-order valence-corrected chi connectivity index (χ0v) is 17.7. The average Bonchev–Trinajstić information content (AvgIpc) is 2.59. The molecule has 0 aliphatic heterocycles. The highest BCUT2D eigenvalue weighted by atomic mass is 79.9. The summed E-state index contributed by atoms with van der Waals surface area (Å²) in [6.45, 7) is 4.38. The Morgan fingerprint density at radius 3 is 2.62 bits per heavy atom. The normalized spacial score (nSPS) is 10.3. The molecule has 0 radical (unpaired) electrons. The van der Waals surface area contributed by atoms with Gasteiger partial charge in [0.15, 0.2) is 6.61 Å². The van der Waals surface area contributed by atoms with Crippen LogP contribution in [0.1, 0.15) is 29.3 Å². The van der Waals surface area contributed by atoms with E-state index in [9.17, 15) is 9.59 Å². The fourth-order valence-electron chi connectivity index (χ4n) is 2.29. The number of aryl methyl sites for hydroxylation is 1. The van der Waals surface area contributed by atoms with Crippen LogP contribution >= 0.6 is 31.9 Å². The van der Waals surface area contributed by atoms with Crippen LogP contribution in [0.15, 0.2) is 45.3 Å². The molecule has 138 valence electrons. The summed E-state index contributed by atoms with van der Waals surface area (Å²) < 4.78 is 7.33. The highest BCUT2D eigenvalue weighted by molar-refractivity contribution is 9.11. The van der Waals surface area contributed by atoms with Crippen LogP contribution in [-0.2, 0) is 4.79 Å². The Kier molecular flexibility index (Phi) is 7.66. The third-order valence-corrected chi connectivity index (χ3v) is 4.53. The van der Waals surface area contributed by atoms with Gasteiger partial charge in [0.1, 0.15) is 5.75 Å². The van der Waals surface area contributed by atoms with Gasteiger partial charge in [0.2, 0.25) is 0 Å². The van der Waals surface area contributed by atoms with E-state index in [1.807, 2.05) is 26.0 Å². The molecule has 0 bridgehead atoms. The van der Waals surface area contributed by atoms with Gasteiger partial charge >= 0.3 is 0 Å². The van der Waals surface area contributed by atoms with E-state index in [0.717, 1.165) is 20.9 Å². The topological polar surface area (TPSA) is 67.4 Å². The van der Waals surface area contributed by atoms with Crippen molar-refractivity contribution >= 4 is 49.4 Å². The van der Waals surface area contributed by atoms with Crippen molar-refractivity contribution in [3.63, 3.8) is 0 Å². The molecule has 5 nitrogen and oxygen atoms in total. The zero-order valence-electron chi connectivity index (χ0n) is 14.6. The van der Waals surface area contributed by atoms with E-state index in [0.29, 0.717) is 23.5 Å². The molecule has 2 rings (SSSR count). The van der Waals surface area contributed by atoms with Crippen LogP contribution in [0, 0.1) is 6.92 Å². The Balaban J connectivity index is 1.97. The number of benzene rings is 2. The lowest BCUT2D eigenvalue weighted by Gasteiger charge is -2.12.